The van der Waals surface area contributed by atoms with Crippen LogP contribution in [0.25, 0.3) is 0 Å². The second-order valence-electron chi connectivity index (χ2n) is 9.00. The molecule has 26 heavy (non-hydrogen) atoms. The molecule has 0 aromatic heterocycles. The molecule has 3 nitrogen and oxygen atoms in total. The van der Waals surface area contributed by atoms with Crippen LogP contribution in [0.4, 0.5) is 0 Å². The summed E-state index contributed by atoms with van der Waals surface area (Å²) in [6.07, 6.45) is 15.5. The van der Waals surface area contributed by atoms with E-state index in [1.807, 2.05) is 11.0 Å². The van der Waals surface area contributed by atoms with Crippen LogP contribution in [0.3, 0.4) is 0 Å². The molecule has 0 atom stereocenters. The van der Waals surface area contributed by atoms with Gasteiger partial charge in [-0.05, 0) is 48.3 Å². The van der Waals surface area contributed by atoms with Gasteiger partial charge in [0.25, 0.3) is 5.91 Å². The molecule has 1 aromatic carbocycles. The number of hydrogen-bond acceptors (Lipinski definition) is 2. The van der Waals surface area contributed by atoms with Gasteiger partial charge in [0.1, 0.15) is 5.75 Å². The van der Waals surface area contributed by atoms with Gasteiger partial charge in [0.05, 0.1) is 0 Å². The van der Waals surface area contributed by atoms with Crippen molar-refractivity contribution in [2.24, 2.45) is 17.8 Å². The summed E-state index contributed by atoms with van der Waals surface area (Å²) in [4.78, 5) is 14.6. The zero-order valence-corrected chi connectivity index (χ0v) is 16.0. The van der Waals surface area contributed by atoms with Gasteiger partial charge in [-0.15, -0.1) is 0 Å². The number of phenols is 1. The molecule has 142 valence electrons. The fraction of sp³-hybridized carbons (Fsp3) is 0.696. The Kier molecular flexibility index (Phi) is 5.52. The summed E-state index contributed by atoms with van der Waals surface area (Å²) in [5.41, 5.74) is 1.76. The van der Waals surface area contributed by atoms with E-state index in [9.17, 15) is 9.90 Å². The van der Waals surface area contributed by atoms with Gasteiger partial charge >= 0.3 is 0 Å². The maximum atomic E-state index is 12.6. The van der Waals surface area contributed by atoms with Gasteiger partial charge in [-0.3, -0.25) is 4.79 Å². The lowest BCUT2D eigenvalue weighted by Crippen LogP contribution is -2.32. The van der Waals surface area contributed by atoms with E-state index in [4.69, 9.17) is 0 Å². The van der Waals surface area contributed by atoms with Crippen molar-refractivity contribution < 1.29 is 9.90 Å². The molecule has 0 saturated heterocycles. The molecular weight excluding hydrogens is 322 g/mol. The number of nitrogens with zero attached hydrogens (tertiary/aromatic N) is 1. The van der Waals surface area contributed by atoms with E-state index in [1.165, 1.54) is 70.6 Å². The van der Waals surface area contributed by atoms with Gasteiger partial charge in [-0.25, -0.2) is 0 Å². The van der Waals surface area contributed by atoms with Gasteiger partial charge < -0.3 is 10.0 Å². The third-order valence-corrected chi connectivity index (χ3v) is 7.13. The lowest BCUT2D eigenvalue weighted by molar-refractivity contribution is 0.0727. The van der Waals surface area contributed by atoms with Crippen LogP contribution < -0.4 is 0 Å². The van der Waals surface area contributed by atoms with Crippen LogP contribution in [0.15, 0.2) is 18.2 Å². The molecule has 0 spiro atoms. The van der Waals surface area contributed by atoms with Crippen molar-refractivity contribution in [3.63, 3.8) is 0 Å². The molecule has 0 radical (unpaired) electrons. The fourth-order valence-corrected chi connectivity index (χ4v) is 5.46. The molecule has 1 amide bonds. The van der Waals surface area contributed by atoms with E-state index >= 15 is 0 Å². The summed E-state index contributed by atoms with van der Waals surface area (Å²) in [5.74, 6) is 2.90. The first-order valence-corrected chi connectivity index (χ1v) is 10.8. The standard InChI is InChI=1S/C23H33NO2/c25-21-13-12-20-16-24(23(26)22(20)14-21)15-19-10-8-18(9-11-19)7-6-17-4-2-1-3-5-17/h12-14,17-19,25H,1-11,15-16H2. The van der Waals surface area contributed by atoms with Gasteiger partial charge in [-0.1, -0.05) is 63.9 Å². The predicted molar refractivity (Wildman–Crippen MR) is 104 cm³/mol. The molecule has 2 fully saturated rings. The quantitative estimate of drug-likeness (QED) is 0.756. The summed E-state index contributed by atoms with van der Waals surface area (Å²) < 4.78 is 0. The monoisotopic (exact) mass is 355 g/mol. The SMILES string of the molecule is O=C1c2cc(O)ccc2CN1CC1CCC(CCC2CCCCC2)CC1. The first-order chi connectivity index (χ1) is 12.7. The second kappa shape index (κ2) is 8.02. The molecule has 0 bridgehead atoms. The van der Waals surface area contributed by atoms with E-state index in [1.54, 1.807) is 12.1 Å². The van der Waals surface area contributed by atoms with Crippen molar-refractivity contribution in [1.82, 2.24) is 4.90 Å². The Balaban J connectivity index is 1.21. The molecule has 1 aromatic rings. The van der Waals surface area contributed by atoms with Gasteiger partial charge in [0.15, 0.2) is 0 Å². The van der Waals surface area contributed by atoms with Crippen LogP contribution in [0.2, 0.25) is 0 Å². The Morgan fingerprint density at radius 1 is 0.885 bits per heavy atom. The minimum atomic E-state index is 0.107. The lowest BCUT2D eigenvalue weighted by Gasteiger charge is -2.32. The van der Waals surface area contributed by atoms with Crippen molar-refractivity contribution in [2.45, 2.75) is 77.2 Å². The molecule has 2 saturated carbocycles. The predicted octanol–water partition coefficient (Wildman–Crippen LogP) is 5.51. The zero-order valence-electron chi connectivity index (χ0n) is 16.0. The molecule has 1 heterocycles. The maximum Gasteiger partial charge on any atom is 0.254 e. The molecule has 3 aliphatic rings. The van der Waals surface area contributed by atoms with Crippen LogP contribution >= 0.6 is 0 Å². The number of amides is 1. The van der Waals surface area contributed by atoms with Crippen molar-refractivity contribution in [3.05, 3.63) is 29.3 Å². The molecule has 4 rings (SSSR count). The van der Waals surface area contributed by atoms with Crippen LogP contribution in [-0.4, -0.2) is 22.5 Å². The van der Waals surface area contributed by atoms with Gasteiger partial charge in [-0.2, -0.15) is 0 Å². The highest BCUT2D eigenvalue weighted by Crippen LogP contribution is 2.36. The third-order valence-electron chi connectivity index (χ3n) is 7.13. The van der Waals surface area contributed by atoms with Gasteiger partial charge in [0.2, 0.25) is 0 Å². The topological polar surface area (TPSA) is 40.5 Å². The highest BCUT2D eigenvalue weighted by molar-refractivity contribution is 5.98. The third kappa shape index (κ3) is 4.07. The number of carbonyl (C=O) groups is 1. The number of aromatic hydroxyl groups is 1. The number of benzene rings is 1. The summed E-state index contributed by atoms with van der Waals surface area (Å²) in [5, 5.41) is 9.62. The zero-order chi connectivity index (χ0) is 17.9. The molecule has 1 N–H and O–H groups in total. The molecular formula is C23H33NO2. The maximum absolute atomic E-state index is 12.6. The fourth-order valence-electron chi connectivity index (χ4n) is 5.46. The largest absolute Gasteiger partial charge is 0.508 e. The number of phenolic OH excluding ortho intramolecular Hbond substituents is 1. The first kappa shape index (κ1) is 17.9. The minimum absolute atomic E-state index is 0.107. The average Bonchev–Trinajstić information content (AvgIpc) is 2.97. The number of carbonyl (C=O) groups excluding carboxylic acids is 1. The van der Waals surface area contributed by atoms with Crippen LogP contribution in [0.5, 0.6) is 5.75 Å². The Hall–Kier alpha value is -1.51. The van der Waals surface area contributed by atoms with Crippen molar-refractivity contribution in [2.75, 3.05) is 6.54 Å². The Morgan fingerprint density at radius 2 is 1.54 bits per heavy atom. The van der Waals surface area contributed by atoms with Crippen LogP contribution in [0.1, 0.15) is 86.6 Å². The smallest absolute Gasteiger partial charge is 0.254 e. The number of rotatable bonds is 5. The van der Waals surface area contributed by atoms with E-state index in [0.29, 0.717) is 11.5 Å². The normalized spacial score (nSPS) is 26.9. The Labute approximate surface area is 157 Å². The van der Waals surface area contributed by atoms with Crippen LogP contribution in [0, 0.1) is 17.8 Å². The van der Waals surface area contributed by atoms with Crippen molar-refractivity contribution >= 4 is 5.91 Å². The highest BCUT2D eigenvalue weighted by atomic mass is 16.3. The molecule has 3 heteroatoms. The molecule has 1 aliphatic heterocycles. The number of hydrogen-bond donors (Lipinski definition) is 1. The highest BCUT2D eigenvalue weighted by Gasteiger charge is 2.31. The van der Waals surface area contributed by atoms with E-state index < -0.39 is 0 Å². The van der Waals surface area contributed by atoms with Crippen LogP contribution in [-0.2, 0) is 6.54 Å². The lowest BCUT2D eigenvalue weighted by atomic mass is 9.77. The first-order valence-electron chi connectivity index (χ1n) is 10.8. The van der Waals surface area contributed by atoms with Gasteiger partial charge in [0, 0.05) is 18.7 Å². The Bertz CT molecular complexity index is 627. The molecule has 2 aliphatic carbocycles. The van der Waals surface area contributed by atoms with Crippen molar-refractivity contribution in [1.29, 1.82) is 0 Å². The second-order valence-corrected chi connectivity index (χ2v) is 9.00. The molecule has 0 unspecified atom stereocenters. The summed E-state index contributed by atoms with van der Waals surface area (Å²) in [6.45, 7) is 1.61. The average molecular weight is 356 g/mol. The van der Waals surface area contributed by atoms with E-state index in [2.05, 4.69) is 0 Å². The van der Waals surface area contributed by atoms with Crippen molar-refractivity contribution in [3.8, 4) is 5.75 Å². The summed E-state index contributed by atoms with van der Waals surface area (Å²) in [6, 6.07) is 5.21. The van der Waals surface area contributed by atoms with E-state index in [-0.39, 0.29) is 11.7 Å². The Morgan fingerprint density at radius 3 is 2.27 bits per heavy atom. The summed E-state index contributed by atoms with van der Waals surface area (Å²) >= 11 is 0. The summed E-state index contributed by atoms with van der Waals surface area (Å²) in [7, 11) is 0. The number of fused-ring (bicyclic) bond motifs is 1. The minimum Gasteiger partial charge on any atom is -0.508 e. The van der Waals surface area contributed by atoms with E-state index in [0.717, 1.165) is 30.5 Å².